The Morgan fingerprint density at radius 3 is 2.80 bits per heavy atom. The van der Waals surface area contributed by atoms with Gasteiger partial charge in [0.05, 0.1) is 21.6 Å². The van der Waals surface area contributed by atoms with Crippen LogP contribution in [0.3, 0.4) is 0 Å². The molecule has 4 aromatic rings. The van der Waals surface area contributed by atoms with E-state index in [0.29, 0.717) is 22.7 Å². The van der Waals surface area contributed by atoms with Gasteiger partial charge in [-0.25, -0.2) is 18.7 Å². The molecule has 2 aromatic carbocycles. The van der Waals surface area contributed by atoms with Crippen molar-refractivity contribution in [3.63, 3.8) is 0 Å². The average molecular weight is 467 g/mol. The SMILES string of the molecule is O=C(c1cc(Cl)ccc1Cl)N(CCCn1ccnc1)c1nc2c(F)cc(F)cc2s1. The van der Waals surface area contributed by atoms with E-state index in [9.17, 15) is 13.6 Å². The van der Waals surface area contributed by atoms with Crippen molar-refractivity contribution in [3.8, 4) is 0 Å². The summed E-state index contributed by atoms with van der Waals surface area (Å²) in [4.78, 5) is 23.0. The van der Waals surface area contributed by atoms with Crippen molar-refractivity contribution in [1.29, 1.82) is 0 Å². The Kier molecular flexibility index (Phi) is 5.99. The summed E-state index contributed by atoms with van der Waals surface area (Å²) in [5.74, 6) is -1.90. The van der Waals surface area contributed by atoms with E-state index in [2.05, 4.69) is 9.97 Å². The molecule has 0 aliphatic heterocycles. The topological polar surface area (TPSA) is 51.0 Å². The number of carbonyl (C=O) groups excluding carboxylic acids is 1. The fourth-order valence-corrected chi connectivity index (χ4v) is 4.38. The molecule has 0 radical (unpaired) electrons. The number of benzene rings is 2. The summed E-state index contributed by atoms with van der Waals surface area (Å²) >= 11 is 13.3. The van der Waals surface area contributed by atoms with Crippen molar-refractivity contribution in [1.82, 2.24) is 14.5 Å². The molecule has 0 N–H and O–H groups in total. The summed E-state index contributed by atoms with van der Waals surface area (Å²) in [6.45, 7) is 0.894. The molecule has 5 nitrogen and oxygen atoms in total. The molecular formula is C20H14Cl2F2N4OS. The zero-order chi connectivity index (χ0) is 21.3. The molecule has 2 aromatic heterocycles. The molecule has 1 amide bonds. The molecule has 0 saturated heterocycles. The minimum absolute atomic E-state index is 0.0148. The molecule has 4 rings (SSSR count). The van der Waals surface area contributed by atoms with Gasteiger partial charge in [-0.05, 0) is 30.7 Å². The number of anilines is 1. The van der Waals surface area contributed by atoms with Crippen LogP contribution in [-0.2, 0) is 6.54 Å². The Morgan fingerprint density at radius 2 is 2.03 bits per heavy atom. The number of carbonyl (C=O) groups is 1. The van der Waals surface area contributed by atoms with Crippen molar-refractivity contribution in [2.45, 2.75) is 13.0 Å². The van der Waals surface area contributed by atoms with Crippen molar-refractivity contribution in [3.05, 3.63) is 76.3 Å². The monoisotopic (exact) mass is 466 g/mol. The number of aryl methyl sites for hydroxylation is 1. The lowest BCUT2D eigenvalue weighted by Gasteiger charge is -2.20. The summed E-state index contributed by atoms with van der Waals surface area (Å²) in [5.41, 5.74) is 0.221. The average Bonchev–Trinajstić information content (AvgIpc) is 3.36. The van der Waals surface area contributed by atoms with Crippen LogP contribution in [-0.4, -0.2) is 27.0 Å². The van der Waals surface area contributed by atoms with Crippen LogP contribution in [0.2, 0.25) is 10.0 Å². The third kappa shape index (κ3) is 4.30. The minimum atomic E-state index is -0.779. The molecule has 2 heterocycles. The summed E-state index contributed by atoms with van der Waals surface area (Å²) < 4.78 is 30.0. The van der Waals surface area contributed by atoms with Crippen molar-refractivity contribution in [2.75, 3.05) is 11.4 Å². The summed E-state index contributed by atoms with van der Waals surface area (Å²) in [5, 5.41) is 0.849. The molecule has 0 fully saturated rings. The van der Waals surface area contributed by atoms with Crippen LogP contribution < -0.4 is 4.90 Å². The smallest absolute Gasteiger partial charge is 0.261 e. The van der Waals surface area contributed by atoms with Gasteiger partial charge < -0.3 is 4.57 Å². The number of thiazole rings is 1. The molecule has 10 heteroatoms. The zero-order valence-corrected chi connectivity index (χ0v) is 17.7. The third-order valence-electron chi connectivity index (χ3n) is 4.39. The Bertz CT molecular complexity index is 1210. The Hall–Kier alpha value is -2.55. The minimum Gasteiger partial charge on any atom is -0.337 e. The lowest BCUT2D eigenvalue weighted by molar-refractivity contribution is 0.0986. The molecule has 0 spiro atoms. The van der Waals surface area contributed by atoms with Crippen LogP contribution >= 0.6 is 34.5 Å². The van der Waals surface area contributed by atoms with Crippen LogP contribution in [0.4, 0.5) is 13.9 Å². The highest BCUT2D eigenvalue weighted by molar-refractivity contribution is 7.22. The number of aromatic nitrogens is 3. The standard InChI is InChI=1S/C20H14Cl2F2N4OS/c21-12-2-3-15(22)14(8-12)19(29)28(6-1-5-27-7-4-25-11-27)20-26-18-16(24)9-13(23)10-17(18)30-20/h2-4,7-11H,1,5-6H2. The fourth-order valence-electron chi connectivity index (χ4n) is 2.98. The van der Waals surface area contributed by atoms with E-state index in [1.54, 1.807) is 18.6 Å². The van der Waals surface area contributed by atoms with Gasteiger partial charge in [-0.1, -0.05) is 34.5 Å². The molecular weight excluding hydrogens is 453 g/mol. The Balaban J connectivity index is 1.70. The first kappa shape index (κ1) is 20.7. The third-order valence-corrected chi connectivity index (χ3v) is 5.98. The van der Waals surface area contributed by atoms with Gasteiger partial charge in [0.1, 0.15) is 11.3 Å². The van der Waals surface area contributed by atoms with E-state index in [1.807, 2.05) is 10.8 Å². The van der Waals surface area contributed by atoms with E-state index >= 15 is 0 Å². The van der Waals surface area contributed by atoms with Gasteiger partial charge in [0.15, 0.2) is 10.9 Å². The predicted octanol–water partition coefficient (Wildman–Crippen LogP) is 5.81. The highest BCUT2D eigenvalue weighted by Crippen LogP contribution is 2.33. The second-order valence-corrected chi connectivity index (χ2v) is 8.32. The number of halogens is 4. The van der Waals surface area contributed by atoms with E-state index < -0.39 is 17.5 Å². The largest absolute Gasteiger partial charge is 0.337 e. The van der Waals surface area contributed by atoms with Gasteiger partial charge in [0.2, 0.25) is 0 Å². The van der Waals surface area contributed by atoms with Crippen LogP contribution in [0.25, 0.3) is 10.2 Å². The van der Waals surface area contributed by atoms with E-state index in [-0.39, 0.29) is 27.8 Å². The Labute approximate surface area is 184 Å². The molecule has 0 atom stereocenters. The molecule has 0 saturated carbocycles. The summed E-state index contributed by atoms with van der Waals surface area (Å²) in [6.07, 6.45) is 5.73. The lowest BCUT2D eigenvalue weighted by Crippen LogP contribution is -2.32. The summed E-state index contributed by atoms with van der Waals surface area (Å²) in [6, 6.07) is 6.56. The number of rotatable bonds is 6. The normalized spacial score (nSPS) is 11.2. The molecule has 0 aliphatic rings. The van der Waals surface area contributed by atoms with E-state index in [0.717, 1.165) is 17.4 Å². The van der Waals surface area contributed by atoms with Gasteiger partial charge in [0, 0.05) is 36.6 Å². The predicted molar refractivity (Wildman–Crippen MR) is 115 cm³/mol. The number of fused-ring (bicyclic) bond motifs is 1. The van der Waals surface area contributed by atoms with Crippen LogP contribution in [0.15, 0.2) is 49.1 Å². The van der Waals surface area contributed by atoms with Crippen LogP contribution in [0, 0.1) is 11.6 Å². The van der Waals surface area contributed by atoms with Crippen molar-refractivity contribution >= 4 is 55.8 Å². The number of imidazole rings is 1. The second kappa shape index (κ2) is 8.67. The zero-order valence-electron chi connectivity index (χ0n) is 15.4. The van der Waals surface area contributed by atoms with Crippen molar-refractivity contribution < 1.29 is 13.6 Å². The Morgan fingerprint density at radius 1 is 1.20 bits per heavy atom. The number of amides is 1. The van der Waals surface area contributed by atoms with Gasteiger partial charge in [-0.3, -0.25) is 9.69 Å². The highest BCUT2D eigenvalue weighted by atomic mass is 35.5. The number of hydrogen-bond donors (Lipinski definition) is 0. The molecule has 0 unspecified atom stereocenters. The maximum Gasteiger partial charge on any atom is 0.261 e. The number of hydrogen-bond acceptors (Lipinski definition) is 4. The van der Waals surface area contributed by atoms with Gasteiger partial charge in [-0.2, -0.15) is 0 Å². The van der Waals surface area contributed by atoms with E-state index in [1.165, 1.54) is 23.1 Å². The first-order valence-corrected chi connectivity index (χ1v) is 10.5. The fraction of sp³-hybridized carbons (Fsp3) is 0.150. The van der Waals surface area contributed by atoms with Crippen LogP contribution in [0.1, 0.15) is 16.8 Å². The second-order valence-electron chi connectivity index (χ2n) is 6.47. The van der Waals surface area contributed by atoms with Gasteiger partial charge in [-0.15, -0.1) is 0 Å². The lowest BCUT2D eigenvalue weighted by atomic mass is 10.2. The first-order valence-electron chi connectivity index (χ1n) is 8.90. The van der Waals surface area contributed by atoms with Crippen LogP contribution in [0.5, 0.6) is 0 Å². The maximum atomic E-state index is 14.2. The first-order chi connectivity index (χ1) is 14.4. The quantitative estimate of drug-likeness (QED) is 0.360. The maximum absolute atomic E-state index is 14.2. The summed E-state index contributed by atoms with van der Waals surface area (Å²) in [7, 11) is 0. The van der Waals surface area contributed by atoms with Gasteiger partial charge >= 0.3 is 0 Å². The molecule has 30 heavy (non-hydrogen) atoms. The number of nitrogens with zero attached hydrogens (tertiary/aromatic N) is 4. The van der Waals surface area contributed by atoms with Crippen molar-refractivity contribution in [2.24, 2.45) is 0 Å². The molecule has 0 aliphatic carbocycles. The molecule has 154 valence electrons. The van der Waals surface area contributed by atoms with Gasteiger partial charge in [0.25, 0.3) is 5.91 Å². The highest BCUT2D eigenvalue weighted by Gasteiger charge is 2.24. The van der Waals surface area contributed by atoms with E-state index in [4.69, 9.17) is 23.2 Å². The molecule has 0 bridgehead atoms.